The van der Waals surface area contributed by atoms with E-state index in [1.807, 2.05) is 13.8 Å². The highest BCUT2D eigenvalue weighted by Crippen LogP contribution is 2.28. The third kappa shape index (κ3) is 4.00. The maximum Gasteiger partial charge on any atom is 0.244 e. The topological polar surface area (TPSA) is 66.8 Å². The highest BCUT2D eigenvalue weighted by molar-refractivity contribution is 7.89. The number of ether oxygens (including phenoxy) is 1. The van der Waals surface area contributed by atoms with E-state index in [1.165, 1.54) is 22.7 Å². The minimum atomic E-state index is -3.56. The fourth-order valence-electron chi connectivity index (χ4n) is 1.64. The zero-order chi connectivity index (χ0) is 14.6. The predicted octanol–water partition coefficient (Wildman–Crippen LogP) is 1.59. The first-order valence-corrected chi connectivity index (χ1v) is 8.38. The molecule has 1 N–H and O–H groups in total. The van der Waals surface area contributed by atoms with Crippen LogP contribution in [-0.2, 0) is 21.4 Å². The average Bonchev–Trinajstić information content (AvgIpc) is 2.70. The molecular formula is C12H21NO4S2. The van der Waals surface area contributed by atoms with Gasteiger partial charge in [0.2, 0.25) is 10.0 Å². The van der Waals surface area contributed by atoms with E-state index >= 15 is 0 Å². The molecule has 1 rings (SSSR count). The van der Waals surface area contributed by atoms with E-state index in [0.29, 0.717) is 23.6 Å². The third-order valence-electron chi connectivity index (χ3n) is 2.66. The Kier molecular flexibility index (Phi) is 5.94. The SMILES string of the molecule is Cc1csc(CO)c1S(=O)(=O)N(C)CCOC(C)C. The van der Waals surface area contributed by atoms with Crippen LogP contribution in [0.4, 0.5) is 0 Å². The van der Waals surface area contributed by atoms with Crippen LogP contribution >= 0.6 is 11.3 Å². The number of sulfonamides is 1. The molecule has 110 valence electrons. The molecule has 1 aromatic heterocycles. The molecule has 1 heterocycles. The van der Waals surface area contributed by atoms with Gasteiger partial charge in [-0.1, -0.05) is 0 Å². The molecule has 0 saturated heterocycles. The van der Waals surface area contributed by atoms with E-state index < -0.39 is 10.0 Å². The molecule has 0 bridgehead atoms. The Morgan fingerprint density at radius 3 is 2.63 bits per heavy atom. The highest BCUT2D eigenvalue weighted by Gasteiger charge is 2.26. The molecule has 0 atom stereocenters. The minimum Gasteiger partial charge on any atom is -0.391 e. The Hall–Kier alpha value is -0.470. The lowest BCUT2D eigenvalue weighted by molar-refractivity contribution is 0.0737. The zero-order valence-electron chi connectivity index (χ0n) is 11.7. The summed E-state index contributed by atoms with van der Waals surface area (Å²) in [5, 5.41) is 11.0. The molecule has 0 aliphatic rings. The molecule has 0 radical (unpaired) electrons. The summed E-state index contributed by atoms with van der Waals surface area (Å²) in [6.07, 6.45) is 0.0759. The van der Waals surface area contributed by atoms with Crippen LogP contribution in [0.2, 0.25) is 0 Å². The maximum absolute atomic E-state index is 12.4. The van der Waals surface area contributed by atoms with Crippen LogP contribution in [0.25, 0.3) is 0 Å². The van der Waals surface area contributed by atoms with Gasteiger partial charge in [0, 0.05) is 13.6 Å². The lowest BCUT2D eigenvalue weighted by Crippen LogP contribution is -2.31. The monoisotopic (exact) mass is 307 g/mol. The van der Waals surface area contributed by atoms with E-state index in [1.54, 1.807) is 12.3 Å². The molecule has 0 unspecified atom stereocenters. The van der Waals surface area contributed by atoms with E-state index in [-0.39, 0.29) is 17.6 Å². The van der Waals surface area contributed by atoms with Crippen LogP contribution in [0, 0.1) is 6.92 Å². The van der Waals surface area contributed by atoms with Crippen LogP contribution in [0.5, 0.6) is 0 Å². The Morgan fingerprint density at radius 2 is 2.11 bits per heavy atom. The van der Waals surface area contributed by atoms with Crippen LogP contribution in [0.3, 0.4) is 0 Å². The van der Waals surface area contributed by atoms with Crippen molar-refractivity contribution in [2.45, 2.75) is 38.4 Å². The largest absolute Gasteiger partial charge is 0.391 e. The van der Waals surface area contributed by atoms with Gasteiger partial charge in [-0.25, -0.2) is 8.42 Å². The first kappa shape index (κ1) is 16.6. The van der Waals surface area contributed by atoms with E-state index in [4.69, 9.17) is 4.74 Å². The Morgan fingerprint density at radius 1 is 1.47 bits per heavy atom. The van der Waals surface area contributed by atoms with Gasteiger partial charge in [0.1, 0.15) is 4.90 Å². The van der Waals surface area contributed by atoms with Crippen LogP contribution in [0.1, 0.15) is 24.3 Å². The molecule has 0 saturated carbocycles. The van der Waals surface area contributed by atoms with E-state index in [2.05, 4.69) is 0 Å². The summed E-state index contributed by atoms with van der Waals surface area (Å²) >= 11 is 1.26. The first-order valence-electron chi connectivity index (χ1n) is 6.06. The molecule has 0 amide bonds. The van der Waals surface area contributed by atoms with Gasteiger partial charge in [0.25, 0.3) is 0 Å². The molecule has 19 heavy (non-hydrogen) atoms. The number of hydrogen-bond donors (Lipinski definition) is 1. The van der Waals surface area contributed by atoms with Crippen molar-refractivity contribution in [2.24, 2.45) is 0 Å². The number of aryl methyl sites for hydroxylation is 1. The number of thiophene rings is 1. The van der Waals surface area contributed by atoms with Crippen LogP contribution in [0.15, 0.2) is 10.3 Å². The number of aliphatic hydroxyl groups excluding tert-OH is 1. The summed E-state index contributed by atoms with van der Waals surface area (Å²) in [4.78, 5) is 0.709. The third-order valence-corrected chi connectivity index (χ3v) is 5.96. The Balaban J connectivity index is 2.87. The fourth-order valence-corrected chi connectivity index (χ4v) is 4.39. The molecule has 7 heteroatoms. The van der Waals surface area contributed by atoms with Gasteiger partial charge < -0.3 is 9.84 Å². The normalized spacial score (nSPS) is 12.6. The summed E-state index contributed by atoms with van der Waals surface area (Å²) in [6.45, 7) is 5.93. The van der Waals surface area contributed by atoms with Crippen LogP contribution in [-0.4, -0.2) is 44.1 Å². The molecule has 0 fully saturated rings. The maximum atomic E-state index is 12.4. The van der Waals surface area contributed by atoms with Crippen molar-refractivity contribution in [3.63, 3.8) is 0 Å². The summed E-state index contributed by atoms with van der Waals surface area (Å²) in [6, 6.07) is 0. The second kappa shape index (κ2) is 6.81. The minimum absolute atomic E-state index is 0.0759. The summed E-state index contributed by atoms with van der Waals surface area (Å²) in [7, 11) is -2.04. The highest BCUT2D eigenvalue weighted by atomic mass is 32.2. The molecule has 1 aromatic rings. The first-order chi connectivity index (χ1) is 8.80. The van der Waals surface area contributed by atoms with Crippen molar-refractivity contribution in [1.82, 2.24) is 4.31 Å². The molecular weight excluding hydrogens is 286 g/mol. The van der Waals surface area contributed by atoms with E-state index in [0.717, 1.165) is 0 Å². The number of likely N-dealkylation sites (N-methyl/N-ethyl adjacent to an activating group) is 1. The molecule has 5 nitrogen and oxygen atoms in total. The second-order valence-electron chi connectivity index (χ2n) is 4.58. The van der Waals surface area contributed by atoms with Crippen molar-refractivity contribution in [2.75, 3.05) is 20.2 Å². The second-order valence-corrected chi connectivity index (χ2v) is 7.52. The van der Waals surface area contributed by atoms with Gasteiger partial charge >= 0.3 is 0 Å². The quantitative estimate of drug-likeness (QED) is 0.831. The van der Waals surface area contributed by atoms with Gasteiger partial charge in [-0.2, -0.15) is 4.31 Å². The molecule has 0 aliphatic carbocycles. The molecule has 0 spiro atoms. The van der Waals surface area contributed by atoms with Crippen molar-refractivity contribution in [3.8, 4) is 0 Å². The van der Waals surface area contributed by atoms with Crippen molar-refractivity contribution in [3.05, 3.63) is 15.8 Å². The van der Waals surface area contributed by atoms with Crippen LogP contribution < -0.4 is 0 Å². The Labute approximate surface area is 118 Å². The number of aliphatic hydroxyl groups is 1. The Bertz CT molecular complexity index is 508. The van der Waals surface area contributed by atoms with Gasteiger partial charge in [-0.05, 0) is 31.7 Å². The number of hydrogen-bond acceptors (Lipinski definition) is 5. The van der Waals surface area contributed by atoms with Crippen molar-refractivity contribution < 1.29 is 18.3 Å². The average molecular weight is 307 g/mol. The van der Waals surface area contributed by atoms with E-state index in [9.17, 15) is 13.5 Å². The lowest BCUT2D eigenvalue weighted by Gasteiger charge is -2.18. The van der Waals surface area contributed by atoms with Gasteiger partial charge in [0.15, 0.2) is 0 Å². The standard InChI is InChI=1S/C12H21NO4S2/c1-9(2)17-6-5-13(4)19(15,16)12-10(3)8-18-11(12)7-14/h8-9,14H,5-7H2,1-4H3. The lowest BCUT2D eigenvalue weighted by atomic mass is 10.3. The smallest absolute Gasteiger partial charge is 0.244 e. The number of nitrogens with zero attached hydrogens (tertiary/aromatic N) is 1. The van der Waals surface area contributed by atoms with Crippen molar-refractivity contribution >= 4 is 21.4 Å². The van der Waals surface area contributed by atoms with Crippen molar-refractivity contribution in [1.29, 1.82) is 0 Å². The summed E-state index contributed by atoms with van der Waals surface area (Å²) < 4.78 is 31.5. The molecule has 0 aliphatic heterocycles. The number of rotatable bonds is 7. The summed E-state index contributed by atoms with van der Waals surface area (Å²) in [5.74, 6) is 0. The summed E-state index contributed by atoms with van der Waals surface area (Å²) in [5.41, 5.74) is 0.672. The van der Waals surface area contributed by atoms with Gasteiger partial charge in [-0.3, -0.25) is 0 Å². The predicted molar refractivity (Wildman–Crippen MR) is 75.9 cm³/mol. The van der Waals surface area contributed by atoms with Gasteiger partial charge in [-0.15, -0.1) is 11.3 Å². The fraction of sp³-hybridized carbons (Fsp3) is 0.667. The van der Waals surface area contributed by atoms with Gasteiger partial charge in [0.05, 0.1) is 24.2 Å². The molecule has 0 aromatic carbocycles. The zero-order valence-corrected chi connectivity index (χ0v) is 13.3.